The van der Waals surface area contributed by atoms with Gasteiger partial charge in [0.05, 0.1) is 17.2 Å². The standard InChI is InChI=1S/C20H20N6O4S/c1-13-10-15(26(29)30)8-9-16(13)22-18(27)12-31-20-24-23-17(25(20)2)11-21-19(28)14-6-4-3-5-7-14/h3-10H,11-12H2,1-2H3,(H,21,28)(H,22,27). The van der Waals surface area contributed by atoms with Gasteiger partial charge in [0.25, 0.3) is 11.6 Å². The fourth-order valence-corrected chi connectivity index (χ4v) is 3.42. The van der Waals surface area contributed by atoms with E-state index in [1.165, 1.54) is 30.0 Å². The van der Waals surface area contributed by atoms with E-state index in [9.17, 15) is 19.7 Å². The molecule has 3 rings (SSSR count). The highest BCUT2D eigenvalue weighted by Crippen LogP contribution is 2.22. The molecule has 0 aliphatic rings. The zero-order chi connectivity index (χ0) is 22.4. The lowest BCUT2D eigenvalue weighted by molar-refractivity contribution is -0.384. The van der Waals surface area contributed by atoms with E-state index < -0.39 is 4.92 Å². The van der Waals surface area contributed by atoms with Gasteiger partial charge in [-0.1, -0.05) is 30.0 Å². The van der Waals surface area contributed by atoms with Gasteiger partial charge in [0.15, 0.2) is 11.0 Å². The summed E-state index contributed by atoms with van der Waals surface area (Å²) in [6.45, 7) is 1.89. The van der Waals surface area contributed by atoms with E-state index in [4.69, 9.17) is 0 Å². The molecule has 0 aliphatic heterocycles. The van der Waals surface area contributed by atoms with Crippen molar-refractivity contribution in [1.82, 2.24) is 20.1 Å². The van der Waals surface area contributed by atoms with Crippen molar-refractivity contribution in [2.24, 2.45) is 7.05 Å². The van der Waals surface area contributed by atoms with Gasteiger partial charge >= 0.3 is 0 Å². The van der Waals surface area contributed by atoms with Crippen molar-refractivity contribution in [3.8, 4) is 0 Å². The molecule has 1 aromatic heterocycles. The third-order valence-corrected chi connectivity index (χ3v) is 5.42. The summed E-state index contributed by atoms with van der Waals surface area (Å²) >= 11 is 1.20. The monoisotopic (exact) mass is 440 g/mol. The number of aryl methyl sites for hydroxylation is 1. The van der Waals surface area contributed by atoms with E-state index in [-0.39, 0.29) is 29.8 Å². The maximum Gasteiger partial charge on any atom is 0.269 e. The molecule has 11 heteroatoms. The number of carbonyl (C=O) groups is 2. The van der Waals surface area contributed by atoms with Crippen molar-refractivity contribution < 1.29 is 14.5 Å². The van der Waals surface area contributed by atoms with Gasteiger partial charge in [0.1, 0.15) is 0 Å². The van der Waals surface area contributed by atoms with Crippen molar-refractivity contribution >= 4 is 35.0 Å². The summed E-state index contributed by atoms with van der Waals surface area (Å²) in [5.41, 5.74) is 1.63. The lowest BCUT2D eigenvalue weighted by Gasteiger charge is -2.08. The topological polar surface area (TPSA) is 132 Å². The smallest absolute Gasteiger partial charge is 0.269 e. The van der Waals surface area contributed by atoms with E-state index in [0.717, 1.165) is 0 Å². The van der Waals surface area contributed by atoms with Gasteiger partial charge in [0, 0.05) is 30.4 Å². The Kier molecular flexibility index (Phi) is 6.98. The molecule has 0 saturated heterocycles. The van der Waals surface area contributed by atoms with Gasteiger partial charge in [-0.25, -0.2) is 0 Å². The highest BCUT2D eigenvalue weighted by Gasteiger charge is 2.14. The molecule has 160 valence electrons. The Labute approximate surface area is 182 Å². The normalized spacial score (nSPS) is 10.5. The van der Waals surface area contributed by atoms with E-state index in [1.807, 2.05) is 6.07 Å². The summed E-state index contributed by atoms with van der Waals surface area (Å²) < 4.78 is 1.71. The zero-order valence-corrected chi connectivity index (χ0v) is 17.7. The van der Waals surface area contributed by atoms with Gasteiger partial charge in [-0.15, -0.1) is 10.2 Å². The molecule has 31 heavy (non-hydrogen) atoms. The lowest BCUT2D eigenvalue weighted by atomic mass is 10.2. The van der Waals surface area contributed by atoms with Gasteiger partial charge < -0.3 is 15.2 Å². The molecule has 2 N–H and O–H groups in total. The minimum atomic E-state index is -0.484. The summed E-state index contributed by atoms with van der Waals surface area (Å²) in [4.78, 5) is 34.7. The number of benzene rings is 2. The summed E-state index contributed by atoms with van der Waals surface area (Å²) in [7, 11) is 1.75. The van der Waals surface area contributed by atoms with E-state index in [1.54, 1.807) is 42.8 Å². The van der Waals surface area contributed by atoms with Crippen LogP contribution in [0.15, 0.2) is 53.7 Å². The molecule has 0 radical (unpaired) electrons. The first-order valence-corrected chi connectivity index (χ1v) is 10.2. The Balaban J connectivity index is 1.53. The third-order valence-electron chi connectivity index (χ3n) is 4.40. The number of carbonyl (C=O) groups excluding carboxylic acids is 2. The van der Waals surface area contributed by atoms with Crippen LogP contribution in [0.2, 0.25) is 0 Å². The van der Waals surface area contributed by atoms with Crippen molar-refractivity contribution in [2.45, 2.75) is 18.6 Å². The van der Waals surface area contributed by atoms with Crippen LogP contribution in [-0.4, -0.2) is 37.3 Å². The Morgan fingerprint density at radius 2 is 1.90 bits per heavy atom. The summed E-state index contributed by atoms with van der Waals surface area (Å²) in [6, 6.07) is 13.1. The highest BCUT2D eigenvalue weighted by molar-refractivity contribution is 7.99. The van der Waals surface area contributed by atoms with Crippen LogP contribution in [0.4, 0.5) is 11.4 Å². The number of nitro benzene ring substituents is 1. The van der Waals surface area contributed by atoms with Crippen LogP contribution in [0.5, 0.6) is 0 Å². The van der Waals surface area contributed by atoms with Crippen LogP contribution in [-0.2, 0) is 18.4 Å². The van der Waals surface area contributed by atoms with Crippen molar-refractivity contribution in [2.75, 3.05) is 11.1 Å². The number of hydrogen-bond acceptors (Lipinski definition) is 7. The molecule has 0 atom stereocenters. The lowest BCUT2D eigenvalue weighted by Crippen LogP contribution is -2.24. The molecule has 0 bridgehead atoms. The van der Waals surface area contributed by atoms with Crippen LogP contribution in [0.1, 0.15) is 21.7 Å². The Morgan fingerprint density at radius 1 is 1.16 bits per heavy atom. The molecule has 0 spiro atoms. The van der Waals surface area contributed by atoms with E-state index >= 15 is 0 Å². The molecule has 0 fully saturated rings. The summed E-state index contributed by atoms with van der Waals surface area (Å²) in [5.74, 6) is 0.150. The zero-order valence-electron chi connectivity index (χ0n) is 16.9. The summed E-state index contributed by atoms with van der Waals surface area (Å²) in [5, 5.41) is 25.0. The summed E-state index contributed by atoms with van der Waals surface area (Å²) in [6.07, 6.45) is 0. The van der Waals surface area contributed by atoms with Gasteiger partial charge in [-0.2, -0.15) is 0 Å². The van der Waals surface area contributed by atoms with Crippen LogP contribution >= 0.6 is 11.8 Å². The van der Waals surface area contributed by atoms with Gasteiger partial charge in [-0.05, 0) is 30.7 Å². The van der Waals surface area contributed by atoms with Gasteiger partial charge in [0.2, 0.25) is 5.91 Å². The first-order chi connectivity index (χ1) is 14.8. The number of hydrogen-bond donors (Lipinski definition) is 2. The Hall–Kier alpha value is -3.73. The first-order valence-electron chi connectivity index (χ1n) is 9.24. The van der Waals surface area contributed by atoms with Crippen LogP contribution in [0.25, 0.3) is 0 Å². The predicted octanol–water partition coefficient (Wildman–Crippen LogP) is 2.69. The van der Waals surface area contributed by atoms with E-state index in [2.05, 4.69) is 20.8 Å². The number of thioether (sulfide) groups is 1. The number of anilines is 1. The first kappa shape index (κ1) is 22.0. The van der Waals surface area contributed by atoms with Crippen LogP contribution in [0, 0.1) is 17.0 Å². The molecular weight excluding hydrogens is 420 g/mol. The maximum atomic E-state index is 12.3. The largest absolute Gasteiger partial charge is 0.345 e. The van der Waals surface area contributed by atoms with Crippen molar-refractivity contribution in [3.63, 3.8) is 0 Å². The minimum Gasteiger partial charge on any atom is -0.345 e. The number of nitrogens with one attached hydrogen (secondary N) is 2. The fraction of sp³-hybridized carbons (Fsp3) is 0.200. The average molecular weight is 440 g/mol. The van der Waals surface area contributed by atoms with Crippen LogP contribution in [0.3, 0.4) is 0 Å². The molecule has 0 aliphatic carbocycles. The second kappa shape index (κ2) is 9.85. The van der Waals surface area contributed by atoms with Crippen molar-refractivity contribution in [1.29, 1.82) is 0 Å². The third kappa shape index (κ3) is 5.66. The number of nitro groups is 1. The van der Waals surface area contributed by atoms with Crippen LogP contribution < -0.4 is 10.6 Å². The number of nitrogens with zero attached hydrogens (tertiary/aromatic N) is 4. The molecule has 3 aromatic rings. The number of non-ortho nitro benzene ring substituents is 1. The second-order valence-corrected chi connectivity index (χ2v) is 7.54. The number of amides is 2. The average Bonchev–Trinajstić information content (AvgIpc) is 3.11. The van der Waals surface area contributed by atoms with E-state index in [0.29, 0.717) is 27.8 Å². The highest BCUT2D eigenvalue weighted by atomic mass is 32.2. The molecule has 10 nitrogen and oxygen atoms in total. The Morgan fingerprint density at radius 3 is 2.58 bits per heavy atom. The van der Waals surface area contributed by atoms with Crippen molar-refractivity contribution in [3.05, 3.63) is 75.6 Å². The maximum absolute atomic E-state index is 12.3. The molecule has 2 amide bonds. The quantitative estimate of drug-likeness (QED) is 0.313. The Bertz CT molecular complexity index is 1120. The predicted molar refractivity (Wildman–Crippen MR) is 116 cm³/mol. The van der Waals surface area contributed by atoms with Gasteiger partial charge in [-0.3, -0.25) is 19.7 Å². The number of aromatic nitrogens is 3. The second-order valence-electron chi connectivity index (χ2n) is 6.60. The molecule has 0 saturated carbocycles. The fourth-order valence-electron chi connectivity index (χ4n) is 2.69. The molecule has 0 unspecified atom stereocenters. The molecule has 1 heterocycles. The minimum absolute atomic E-state index is 0.0316. The SMILES string of the molecule is Cc1cc([N+](=O)[O-])ccc1NC(=O)CSc1nnc(CNC(=O)c2ccccc2)n1C. The molecular formula is C20H20N6O4S. The number of rotatable bonds is 8. The molecule has 2 aromatic carbocycles.